The Kier molecular flexibility index (Phi) is 5.78. The molecule has 1 aliphatic rings. The summed E-state index contributed by atoms with van der Waals surface area (Å²) in [5, 5.41) is 0. The number of rotatable bonds is 5. The van der Waals surface area contributed by atoms with Crippen molar-refractivity contribution in [3.63, 3.8) is 0 Å². The van der Waals surface area contributed by atoms with Crippen molar-refractivity contribution >= 4 is 17.2 Å². The molecule has 0 aliphatic carbocycles. The van der Waals surface area contributed by atoms with E-state index in [1.165, 1.54) is 10.4 Å². The van der Waals surface area contributed by atoms with Crippen LogP contribution in [0.25, 0.3) is 0 Å². The molecule has 7 heteroatoms. The number of piperidine rings is 1. The summed E-state index contributed by atoms with van der Waals surface area (Å²) < 4.78 is 23.6. The summed E-state index contributed by atoms with van der Waals surface area (Å²) in [5.41, 5.74) is 0.453. The summed E-state index contributed by atoms with van der Waals surface area (Å²) >= 11 is -2.31. The van der Waals surface area contributed by atoms with E-state index in [1.54, 1.807) is 0 Å². The lowest BCUT2D eigenvalue weighted by molar-refractivity contribution is -0.194. The number of hydroxylamine groups is 1. The molecule has 1 aliphatic heterocycles. The third-order valence-corrected chi connectivity index (χ3v) is 7.97. The lowest BCUT2D eigenvalue weighted by Crippen LogP contribution is -2.76. The van der Waals surface area contributed by atoms with Crippen molar-refractivity contribution in [2.75, 3.05) is 6.61 Å². The second-order valence-corrected chi connectivity index (χ2v) is 9.41. The van der Waals surface area contributed by atoms with Crippen LogP contribution in [0.5, 0.6) is 0 Å². The zero-order valence-corrected chi connectivity index (χ0v) is 16.9. The van der Waals surface area contributed by atoms with Crippen molar-refractivity contribution < 1.29 is 18.4 Å². The Bertz CT molecular complexity index is 541. The summed E-state index contributed by atoms with van der Waals surface area (Å²) in [5.74, 6) is -0.430. The Morgan fingerprint density at radius 3 is 2.12 bits per heavy atom. The monoisotopic (exact) mass is 360 g/mol. The number of nitrogens with one attached hydrogen (secondary N) is 1. The average Bonchev–Trinajstić information content (AvgIpc) is 2.41. The minimum absolute atomic E-state index is 0.166. The molecular weight excluding hydrogens is 328 g/mol. The van der Waals surface area contributed by atoms with Gasteiger partial charge >= 0.3 is 0 Å². The van der Waals surface area contributed by atoms with Gasteiger partial charge in [0, 0.05) is 5.54 Å². The molecule has 1 amide bonds. The fourth-order valence-electron chi connectivity index (χ4n) is 3.75. The molecule has 1 rings (SSSR count). The van der Waals surface area contributed by atoms with E-state index in [4.69, 9.17) is 4.84 Å². The zero-order valence-electron chi connectivity index (χ0n) is 16.1. The smallest absolute Gasteiger partial charge is 0.262 e. The normalized spacial score (nSPS) is 28.8. The van der Waals surface area contributed by atoms with Crippen LogP contribution in [0.3, 0.4) is 0 Å². The Hall–Kier alpha value is -0.760. The number of carbonyl (C=O) groups is 1. The fraction of sp³-hybridized carbons (Fsp3) is 0.824. The Balaban J connectivity index is 3.49. The molecule has 0 saturated carbocycles. The highest BCUT2D eigenvalue weighted by molar-refractivity contribution is 7.76. The summed E-state index contributed by atoms with van der Waals surface area (Å²) in [6.45, 7) is 19.8. The fourth-order valence-corrected chi connectivity index (χ4v) is 4.91. The largest absolute Gasteiger partial charge is 0.294 e. The van der Waals surface area contributed by atoms with Crippen LogP contribution in [-0.2, 0) is 20.9 Å². The van der Waals surface area contributed by atoms with E-state index in [0.29, 0.717) is 0 Å². The van der Waals surface area contributed by atoms with Gasteiger partial charge in [-0.1, -0.05) is 47.6 Å². The van der Waals surface area contributed by atoms with Gasteiger partial charge in [0.2, 0.25) is 11.3 Å². The zero-order chi connectivity index (χ0) is 19.1. The van der Waals surface area contributed by atoms with E-state index in [1.807, 2.05) is 27.7 Å². The summed E-state index contributed by atoms with van der Waals surface area (Å²) in [6, 6.07) is -0.828. The molecule has 0 aromatic heterocycles. The van der Waals surface area contributed by atoms with Crippen LogP contribution in [0.2, 0.25) is 0 Å². The number of hydrogen-bond acceptors (Lipinski definition) is 3. The predicted octanol–water partition coefficient (Wildman–Crippen LogP) is 2.90. The predicted molar refractivity (Wildman–Crippen MR) is 96.1 cm³/mol. The van der Waals surface area contributed by atoms with Gasteiger partial charge in [0.15, 0.2) is 0 Å². The first-order valence-electron chi connectivity index (χ1n) is 8.10. The minimum atomic E-state index is -2.31. The number of hydrogen-bond donors (Lipinski definition) is 2. The highest BCUT2D eigenvalue weighted by atomic mass is 32.2. The van der Waals surface area contributed by atoms with Crippen LogP contribution in [0.4, 0.5) is 0 Å². The van der Waals surface area contributed by atoms with E-state index in [2.05, 4.69) is 39.8 Å². The topological polar surface area (TPSA) is 78.9 Å². The number of carbonyl (C=O) groups excluding carboxylic acids is 1. The van der Waals surface area contributed by atoms with Crippen molar-refractivity contribution in [2.45, 2.75) is 67.0 Å². The van der Waals surface area contributed by atoms with Crippen LogP contribution in [0, 0.1) is 16.2 Å². The Morgan fingerprint density at radius 2 is 1.71 bits per heavy atom. The number of amides is 1. The molecule has 2 unspecified atom stereocenters. The maximum absolute atomic E-state index is 12.8. The van der Waals surface area contributed by atoms with Crippen molar-refractivity contribution in [3.05, 3.63) is 12.7 Å². The van der Waals surface area contributed by atoms with E-state index in [0.717, 1.165) is 0 Å². The lowest BCUT2D eigenvalue weighted by Gasteiger charge is -2.68. The molecular formula is C17H32N2O4S. The molecule has 24 heavy (non-hydrogen) atoms. The maximum atomic E-state index is 12.8. The molecule has 2 atom stereocenters. The second kappa shape index (κ2) is 6.52. The number of nitrogens with zero attached hydrogens (tertiary/aromatic N) is 1. The molecule has 0 spiro atoms. The van der Waals surface area contributed by atoms with Crippen LogP contribution in [0.1, 0.15) is 55.4 Å². The van der Waals surface area contributed by atoms with Crippen LogP contribution >= 0.6 is 0 Å². The molecule has 0 radical (unpaired) electrons. The van der Waals surface area contributed by atoms with E-state index < -0.39 is 34.2 Å². The van der Waals surface area contributed by atoms with Gasteiger partial charge in [-0.15, -0.1) is 6.58 Å². The minimum Gasteiger partial charge on any atom is -0.294 e. The van der Waals surface area contributed by atoms with Gasteiger partial charge in [-0.25, -0.2) is 9.69 Å². The summed E-state index contributed by atoms with van der Waals surface area (Å²) in [6.07, 6.45) is 1.52. The first kappa shape index (κ1) is 21.3. The third kappa shape index (κ3) is 2.85. The lowest BCUT2D eigenvalue weighted by atomic mass is 9.45. The van der Waals surface area contributed by atoms with E-state index >= 15 is 0 Å². The molecule has 1 fully saturated rings. The van der Waals surface area contributed by atoms with Gasteiger partial charge in [-0.3, -0.25) is 14.2 Å². The van der Waals surface area contributed by atoms with Crippen molar-refractivity contribution in [2.24, 2.45) is 16.2 Å². The second-order valence-electron chi connectivity index (χ2n) is 8.56. The van der Waals surface area contributed by atoms with E-state index in [-0.39, 0.29) is 17.4 Å². The van der Waals surface area contributed by atoms with E-state index in [9.17, 15) is 13.6 Å². The molecule has 140 valence electrons. The van der Waals surface area contributed by atoms with Crippen molar-refractivity contribution in [3.8, 4) is 0 Å². The first-order chi connectivity index (χ1) is 10.7. The first-order valence-corrected chi connectivity index (χ1v) is 9.17. The highest BCUT2D eigenvalue weighted by Gasteiger charge is 2.68. The molecule has 6 nitrogen and oxygen atoms in total. The molecule has 2 N–H and O–H groups in total. The van der Waals surface area contributed by atoms with Crippen LogP contribution in [-0.4, -0.2) is 37.2 Å². The quantitative estimate of drug-likeness (QED) is 0.342. The van der Waals surface area contributed by atoms with Gasteiger partial charge in [0.25, 0.3) is 5.91 Å². The Labute approximate surface area is 148 Å². The third-order valence-electron chi connectivity index (χ3n) is 6.96. The van der Waals surface area contributed by atoms with Gasteiger partial charge < -0.3 is 0 Å². The maximum Gasteiger partial charge on any atom is 0.262 e. The van der Waals surface area contributed by atoms with Gasteiger partial charge in [0.1, 0.15) is 6.04 Å². The molecule has 1 saturated heterocycles. The van der Waals surface area contributed by atoms with Gasteiger partial charge in [-0.2, -0.15) is 4.31 Å². The molecule has 0 bridgehead atoms. The summed E-state index contributed by atoms with van der Waals surface area (Å²) in [4.78, 5) is 17.9. The summed E-state index contributed by atoms with van der Waals surface area (Å²) in [7, 11) is 0. The van der Waals surface area contributed by atoms with Gasteiger partial charge in [-0.05, 0) is 30.1 Å². The molecule has 1 heterocycles. The van der Waals surface area contributed by atoms with Gasteiger partial charge in [0.05, 0.1) is 6.61 Å². The SMILES string of the molecule is C=CCONC(=O)C1N(S(=O)O)C(C)(C)C(C)(C)C(C)(C)C1(C)C. The van der Waals surface area contributed by atoms with Crippen LogP contribution in [0.15, 0.2) is 12.7 Å². The molecule has 0 aromatic carbocycles. The van der Waals surface area contributed by atoms with Crippen molar-refractivity contribution in [1.29, 1.82) is 0 Å². The standard InChI is InChI=1S/C17H32N2O4S/c1-10-11-23-18-13(20)12-14(2,3)15(4,5)16(6,7)17(8,9)19(12)24(21)22/h10,12H,1,11H2,2-9H3,(H,18,20)(H,21,22). The Morgan fingerprint density at radius 1 is 1.21 bits per heavy atom. The van der Waals surface area contributed by atoms with Crippen LogP contribution < -0.4 is 5.48 Å². The van der Waals surface area contributed by atoms with Crippen molar-refractivity contribution in [1.82, 2.24) is 9.79 Å². The highest BCUT2D eigenvalue weighted by Crippen LogP contribution is 2.64. The molecule has 0 aromatic rings. The average molecular weight is 361 g/mol.